The number of anilines is 2. The van der Waals surface area contributed by atoms with Gasteiger partial charge in [0.2, 0.25) is 5.78 Å². The molecule has 2 aromatic carbocycles. The minimum atomic E-state index is -0.926. The summed E-state index contributed by atoms with van der Waals surface area (Å²) in [6.45, 7) is 13.4. The maximum Gasteiger partial charge on any atom is 0.375 e. The Morgan fingerprint density at radius 3 is 1.62 bits per heavy atom. The number of aliphatic carboxylic acids is 1. The van der Waals surface area contributed by atoms with Gasteiger partial charge in [-0.3, -0.25) is 28.9 Å². The summed E-state index contributed by atoms with van der Waals surface area (Å²) in [4.78, 5) is 80.5. The second kappa shape index (κ2) is 27.9. The number of aliphatic hydroxyl groups excluding tert-OH is 1. The minimum absolute atomic E-state index is 0. The van der Waals surface area contributed by atoms with Gasteiger partial charge in [-0.2, -0.15) is 0 Å². The number of nitrogens with zero attached hydrogens (tertiary/aromatic N) is 3. The Balaban J connectivity index is 0.000000347. The van der Waals surface area contributed by atoms with E-state index < -0.39 is 46.3 Å². The van der Waals surface area contributed by atoms with Gasteiger partial charge in [0.05, 0.1) is 24.6 Å². The number of aliphatic hydroxyl groups is 1. The van der Waals surface area contributed by atoms with Crippen LogP contribution in [0.15, 0.2) is 93.6 Å². The number of carbonyl (C=O) groups is 7. The summed E-state index contributed by atoms with van der Waals surface area (Å²) in [7, 11) is 0. The Bertz CT molecular complexity index is 2270. The van der Waals surface area contributed by atoms with E-state index in [1.54, 1.807) is 44.9 Å². The third-order valence-electron chi connectivity index (χ3n) is 11.3. The van der Waals surface area contributed by atoms with E-state index in [2.05, 4.69) is 15.1 Å². The molecule has 1 aliphatic heterocycles. The van der Waals surface area contributed by atoms with Gasteiger partial charge in [0.15, 0.2) is 11.5 Å². The Morgan fingerprint density at radius 2 is 1.23 bits per heavy atom. The lowest BCUT2D eigenvalue weighted by atomic mass is 9.76. The first-order valence-electron chi connectivity index (χ1n) is 23.1. The standard InChI is InChI=1S/C24H28N2O4.C10H16O4.C9H8N2O.C7H12O.C2H4O2.CH4/c1-24(2,3)22(28)19-20(16-7-5-4-6-8-16)26(23(29)21(19)27)17-11-9-15(10-12-17)18-13-14-30-25-18;1-5-14-9(13)7(11)6-8(12)10(2,3)4;10-8-3-1-7(2-4-8)9-5-6-12-11-9;8-6-7-4-2-1-3-5-7;1-2(3)4;/h9-14,16,20,27H,4-8H2,1-3H3;5-6H2,1-4H3;1-6H,10H2;6-7H,1-5H2;1H3,(H,3,4);1H4. The number of amides is 1. The number of esters is 1. The van der Waals surface area contributed by atoms with Crippen molar-refractivity contribution in [2.24, 2.45) is 22.7 Å². The number of rotatable bonds is 10. The van der Waals surface area contributed by atoms with Crippen molar-refractivity contribution >= 4 is 52.9 Å². The zero-order chi connectivity index (χ0) is 50.6. The lowest BCUT2D eigenvalue weighted by Gasteiger charge is -2.36. The van der Waals surface area contributed by atoms with Crippen LogP contribution in [0.25, 0.3) is 22.5 Å². The molecule has 7 rings (SSSR count). The molecule has 0 spiro atoms. The van der Waals surface area contributed by atoms with Crippen molar-refractivity contribution in [2.75, 3.05) is 17.2 Å². The highest BCUT2D eigenvalue weighted by Gasteiger charge is 2.49. The molecule has 0 saturated heterocycles. The van der Waals surface area contributed by atoms with Crippen LogP contribution < -0.4 is 10.6 Å². The number of aromatic nitrogens is 2. The lowest BCUT2D eigenvalue weighted by Crippen LogP contribution is -2.44. The van der Waals surface area contributed by atoms with Crippen LogP contribution in [-0.2, 0) is 38.3 Å². The van der Waals surface area contributed by atoms with Crippen molar-refractivity contribution in [1.29, 1.82) is 0 Å². The highest BCUT2D eigenvalue weighted by Crippen LogP contribution is 2.42. The van der Waals surface area contributed by atoms with Crippen molar-refractivity contribution in [3.05, 3.63) is 84.5 Å². The first-order valence-corrected chi connectivity index (χ1v) is 23.1. The summed E-state index contributed by atoms with van der Waals surface area (Å²) in [5, 5.41) is 25.9. The fourth-order valence-corrected chi connectivity index (χ4v) is 7.58. The van der Waals surface area contributed by atoms with E-state index in [1.807, 2.05) is 75.4 Å². The topological polar surface area (TPSA) is 250 Å². The summed E-state index contributed by atoms with van der Waals surface area (Å²) in [5.41, 5.74) is 9.39. The van der Waals surface area contributed by atoms with Crippen molar-refractivity contribution in [3.63, 3.8) is 0 Å². The summed E-state index contributed by atoms with van der Waals surface area (Å²) < 4.78 is 14.1. The van der Waals surface area contributed by atoms with Gasteiger partial charge < -0.3 is 34.5 Å². The van der Waals surface area contributed by atoms with Crippen LogP contribution in [0.1, 0.15) is 133 Å². The highest BCUT2D eigenvalue weighted by atomic mass is 16.5. The fraction of sp³-hybridized carbons (Fsp3) is 0.491. The molecule has 2 aromatic heterocycles. The van der Waals surface area contributed by atoms with Gasteiger partial charge in [-0.25, -0.2) is 4.79 Å². The zero-order valence-corrected chi connectivity index (χ0v) is 40.6. The monoisotopic (exact) mass is 957 g/mol. The number of aldehydes is 1. The number of carboxylic acids is 1. The first-order chi connectivity index (χ1) is 32.1. The predicted molar refractivity (Wildman–Crippen MR) is 264 cm³/mol. The number of hydrogen-bond acceptors (Lipinski definition) is 14. The molecule has 1 atom stereocenters. The van der Waals surface area contributed by atoms with Crippen LogP contribution in [0.4, 0.5) is 11.4 Å². The lowest BCUT2D eigenvalue weighted by molar-refractivity contribution is -0.154. The molecule has 1 amide bonds. The van der Waals surface area contributed by atoms with Crippen molar-refractivity contribution in [3.8, 4) is 22.5 Å². The molecule has 3 aliphatic rings. The fourth-order valence-electron chi connectivity index (χ4n) is 7.58. The molecule has 69 heavy (non-hydrogen) atoms. The van der Waals surface area contributed by atoms with Crippen LogP contribution in [0.3, 0.4) is 0 Å². The number of nitrogens with two attached hydrogens (primary N) is 1. The molecule has 2 saturated carbocycles. The molecule has 4 aromatic rings. The maximum absolute atomic E-state index is 13.2. The van der Waals surface area contributed by atoms with E-state index in [1.165, 1.54) is 31.9 Å². The molecular formula is C53H72N4O12. The van der Waals surface area contributed by atoms with Gasteiger partial charge in [0, 0.05) is 58.3 Å². The van der Waals surface area contributed by atoms with Crippen molar-refractivity contribution in [1.82, 2.24) is 10.3 Å². The number of nitrogen functional groups attached to an aromatic ring is 1. The molecule has 376 valence electrons. The molecule has 0 radical (unpaired) electrons. The van der Waals surface area contributed by atoms with E-state index >= 15 is 0 Å². The van der Waals surface area contributed by atoms with Crippen molar-refractivity contribution in [2.45, 2.75) is 139 Å². The third-order valence-corrected chi connectivity index (χ3v) is 11.3. The quantitative estimate of drug-likeness (QED) is 0.0439. The minimum Gasteiger partial charge on any atom is -0.503 e. The second-order valence-electron chi connectivity index (χ2n) is 18.8. The van der Waals surface area contributed by atoms with Crippen LogP contribution in [-0.4, -0.2) is 74.7 Å². The summed E-state index contributed by atoms with van der Waals surface area (Å²) in [6.07, 6.45) is 15.2. The van der Waals surface area contributed by atoms with E-state index in [-0.39, 0.29) is 43.5 Å². The van der Waals surface area contributed by atoms with Gasteiger partial charge in [-0.05, 0) is 62.8 Å². The molecule has 4 N–H and O–H groups in total. The summed E-state index contributed by atoms with van der Waals surface area (Å²) >= 11 is 0. The zero-order valence-electron chi connectivity index (χ0n) is 40.6. The smallest absolute Gasteiger partial charge is 0.375 e. The first kappa shape index (κ1) is 58.4. The van der Waals surface area contributed by atoms with E-state index in [4.69, 9.17) is 24.7 Å². The van der Waals surface area contributed by atoms with Crippen LogP contribution in [0, 0.1) is 22.7 Å². The number of benzene rings is 2. The number of carbonyl (C=O) groups excluding carboxylic acids is 6. The molecule has 16 heteroatoms. The molecule has 2 fully saturated rings. The maximum atomic E-state index is 13.2. The molecule has 0 bridgehead atoms. The van der Waals surface area contributed by atoms with E-state index in [0.29, 0.717) is 17.3 Å². The molecule has 2 aliphatic carbocycles. The molecule has 16 nitrogen and oxygen atoms in total. The average Bonchev–Trinajstić information content (AvgIpc) is 4.10. The van der Waals surface area contributed by atoms with Gasteiger partial charge >= 0.3 is 5.97 Å². The number of hydrogen-bond donors (Lipinski definition) is 3. The van der Waals surface area contributed by atoms with Crippen molar-refractivity contribution < 1.29 is 57.6 Å². The number of ether oxygens (including phenoxy) is 1. The van der Waals surface area contributed by atoms with Crippen LogP contribution in [0.2, 0.25) is 0 Å². The average molecular weight is 957 g/mol. The Hall–Kier alpha value is -6.71. The highest BCUT2D eigenvalue weighted by molar-refractivity contribution is 6.37. The van der Waals surface area contributed by atoms with Gasteiger partial charge in [-0.1, -0.05) is 122 Å². The SMILES string of the molecule is C.CC(=O)O.CC(C)(C)C(=O)C1=C(O)C(=O)N(c2ccc(-c3ccon3)cc2)C1C1CCCCC1.CCOC(=O)C(=O)CC(=O)C(C)(C)C.Nc1ccc(-c2ccon2)cc1.O=CC1CCCCC1. The largest absolute Gasteiger partial charge is 0.503 e. The Labute approximate surface area is 406 Å². The molecule has 1 unspecified atom stereocenters. The third kappa shape index (κ3) is 18.4. The second-order valence-corrected chi connectivity index (χ2v) is 18.8. The summed E-state index contributed by atoms with van der Waals surface area (Å²) in [5.74, 6) is -3.27. The van der Waals surface area contributed by atoms with Gasteiger partial charge in [0.1, 0.15) is 36.0 Å². The van der Waals surface area contributed by atoms with Crippen LogP contribution in [0.5, 0.6) is 0 Å². The number of carboxylic acid groups (broad SMARTS) is 1. The number of ketones is 3. The normalized spacial score (nSPS) is 16.0. The molecule has 3 heterocycles. The Morgan fingerprint density at radius 1 is 0.768 bits per heavy atom. The van der Waals surface area contributed by atoms with Gasteiger partial charge in [0.25, 0.3) is 11.9 Å². The molecular weight excluding hydrogens is 885 g/mol. The summed E-state index contributed by atoms with van der Waals surface area (Å²) in [6, 6.07) is 18.1. The van der Waals surface area contributed by atoms with Gasteiger partial charge in [-0.15, -0.1) is 0 Å². The van der Waals surface area contributed by atoms with E-state index in [9.17, 15) is 33.9 Å². The predicted octanol–water partition coefficient (Wildman–Crippen LogP) is 10.6. The number of Topliss-reactive ketones (excluding diaryl/α,β-unsaturated/α-hetero) is 3. The Kier molecular flexibility index (Phi) is 23.7. The van der Waals surface area contributed by atoms with E-state index in [0.717, 1.165) is 74.2 Å². The van der Waals surface area contributed by atoms with Crippen LogP contribution >= 0.6 is 0 Å².